The standard InChI is InChI=1S/C16H18ClNO3/c1-4-21-16(20)13-10(2)9-18(3)14(13)15(19)11-5-7-12(17)8-6-11/h5-9,15,19H,4H2,1-3H3. The molecule has 0 fully saturated rings. The van der Waals surface area contributed by atoms with Gasteiger partial charge in [-0.25, -0.2) is 4.79 Å². The average Bonchev–Trinajstić information content (AvgIpc) is 2.73. The molecule has 0 aliphatic carbocycles. The van der Waals surface area contributed by atoms with Gasteiger partial charge < -0.3 is 14.4 Å². The number of carbonyl (C=O) groups is 1. The van der Waals surface area contributed by atoms with Gasteiger partial charge in [0.1, 0.15) is 6.10 Å². The van der Waals surface area contributed by atoms with Gasteiger partial charge in [0.25, 0.3) is 0 Å². The molecule has 0 aliphatic heterocycles. The molecule has 1 aromatic heterocycles. The number of rotatable bonds is 4. The molecule has 1 unspecified atom stereocenters. The minimum Gasteiger partial charge on any atom is -0.462 e. The molecule has 2 rings (SSSR count). The summed E-state index contributed by atoms with van der Waals surface area (Å²) in [4.78, 5) is 12.1. The van der Waals surface area contributed by atoms with Gasteiger partial charge >= 0.3 is 5.97 Å². The Balaban J connectivity index is 2.47. The summed E-state index contributed by atoms with van der Waals surface area (Å²) in [5, 5.41) is 11.2. The Bertz CT molecular complexity index is 646. The number of benzene rings is 1. The molecule has 5 heteroatoms. The van der Waals surface area contributed by atoms with Crippen molar-refractivity contribution >= 4 is 17.6 Å². The smallest absolute Gasteiger partial charge is 0.340 e. The van der Waals surface area contributed by atoms with Crippen LogP contribution in [0, 0.1) is 6.92 Å². The van der Waals surface area contributed by atoms with E-state index in [-0.39, 0.29) is 0 Å². The third-order valence-electron chi connectivity index (χ3n) is 3.34. The molecule has 2 aromatic rings. The van der Waals surface area contributed by atoms with Gasteiger partial charge in [0.2, 0.25) is 0 Å². The van der Waals surface area contributed by atoms with Crippen LogP contribution in [-0.2, 0) is 11.8 Å². The third kappa shape index (κ3) is 3.12. The monoisotopic (exact) mass is 307 g/mol. The van der Waals surface area contributed by atoms with Crippen LogP contribution in [-0.4, -0.2) is 22.2 Å². The molecule has 1 N–H and O–H groups in total. The highest BCUT2D eigenvalue weighted by atomic mass is 35.5. The quantitative estimate of drug-likeness (QED) is 0.882. The Labute approximate surface area is 128 Å². The second kappa shape index (κ2) is 6.33. The number of aliphatic hydroxyl groups is 1. The summed E-state index contributed by atoms with van der Waals surface area (Å²) in [5.41, 5.74) is 2.39. The molecular weight excluding hydrogens is 290 g/mol. The van der Waals surface area contributed by atoms with E-state index in [2.05, 4.69) is 0 Å². The molecule has 0 radical (unpaired) electrons. The number of ether oxygens (including phenoxy) is 1. The molecule has 1 heterocycles. The Morgan fingerprint density at radius 2 is 2.00 bits per heavy atom. The van der Waals surface area contributed by atoms with Crippen LogP contribution < -0.4 is 0 Å². The van der Waals surface area contributed by atoms with Gasteiger partial charge in [-0.3, -0.25) is 0 Å². The number of carbonyl (C=O) groups excluding carboxylic acids is 1. The van der Waals surface area contributed by atoms with Crippen molar-refractivity contribution in [2.75, 3.05) is 6.61 Å². The van der Waals surface area contributed by atoms with Crippen molar-refractivity contribution in [2.24, 2.45) is 7.05 Å². The first-order valence-corrected chi connectivity index (χ1v) is 7.10. The van der Waals surface area contributed by atoms with Gasteiger partial charge in [-0.15, -0.1) is 0 Å². The van der Waals surface area contributed by atoms with E-state index in [1.54, 1.807) is 49.0 Å². The second-order valence-electron chi connectivity index (χ2n) is 4.86. The minimum atomic E-state index is -0.916. The molecule has 0 bridgehead atoms. The van der Waals surface area contributed by atoms with E-state index in [1.165, 1.54) is 0 Å². The van der Waals surface area contributed by atoms with E-state index in [1.807, 2.05) is 6.92 Å². The fourth-order valence-corrected chi connectivity index (χ4v) is 2.53. The maximum Gasteiger partial charge on any atom is 0.340 e. The summed E-state index contributed by atoms with van der Waals surface area (Å²) < 4.78 is 6.83. The van der Waals surface area contributed by atoms with Crippen molar-refractivity contribution in [2.45, 2.75) is 20.0 Å². The number of esters is 1. The van der Waals surface area contributed by atoms with Crippen LogP contribution in [0.4, 0.5) is 0 Å². The lowest BCUT2D eigenvalue weighted by Gasteiger charge is -2.15. The predicted molar refractivity (Wildman–Crippen MR) is 81.6 cm³/mol. The highest BCUT2D eigenvalue weighted by molar-refractivity contribution is 6.30. The molecule has 112 valence electrons. The van der Waals surface area contributed by atoms with Crippen LogP contribution >= 0.6 is 11.6 Å². The number of hydrogen-bond donors (Lipinski definition) is 1. The SMILES string of the molecule is CCOC(=O)c1c(C)cn(C)c1C(O)c1ccc(Cl)cc1. The number of halogens is 1. The molecule has 0 amide bonds. The fraction of sp³-hybridized carbons (Fsp3) is 0.312. The average molecular weight is 308 g/mol. The highest BCUT2D eigenvalue weighted by Gasteiger charge is 2.25. The number of aryl methyl sites for hydroxylation is 2. The zero-order valence-electron chi connectivity index (χ0n) is 12.3. The fourth-order valence-electron chi connectivity index (χ4n) is 2.40. The molecule has 4 nitrogen and oxygen atoms in total. The van der Waals surface area contributed by atoms with Gasteiger partial charge in [0.05, 0.1) is 17.9 Å². The van der Waals surface area contributed by atoms with E-state index in [0.29, 0.717) is 28.5 Å². The third-order valence-corrected chi connectivity index (χ3v) is 3.59. The van der Waals surface area contributed by atoms with Crippen LogP contribution in [0.2, 0.25) is 5.02 Å². The number of hydrogen-bond acceptors (Lipinski definition) is 3. The molecule has 21 heavy (non-hydrogen) atoms. The predicted octanol–water partition coefficient (Wildman–Crippen LogP) is 3.25. The molecule has 0 saturated heterocycles. The van der Waals surface area contributed by atoms with E-state index in [0.717, 1.165) is 5.56 Å². The first-order valence-electron chi connectivity index (χ1n) is 6.72. The maximum absolute atomic E-state index is 12.1. The van der Waals surface area contributed by atoms with Crippen molar-refractivity contribution in [1.29, 1.82) is 0 Å². The van der Waals surface area contributed by atoms with Gasteiger partial charge in [-0.2, -0.15) is 0 Å². The Morgan fingerprint density at radius 1 is 1.38 bits per heavy atom. The molecule has 0 saturated carbocycles. The normalized spacial score (nSPS) is 12.2. The maximum atomic E-state index is 12.1. The molecular formula is C16H18ClNO3. The van der Waals surface area contributed by atoms with Crippen LogP contribution in [0.25, 0.3) is 0 Å². The first-order chi connectivity index (χ1) is 9.95. The summed E-state index contributed by atoms with van der Waals surface area (Å²) in [7, 11) is 1.80. The van der Waals surface area contributed by atoms with E-state index >= 15 is 0 Å². The summed E-state index contributed by atoms with van der Waals surface area (Å²) in [6.45, 7) is 3.87. The lowest BCUT2D eigenvalue weighted by molar-refractivity contribution is 0.0519. The summed E-state index contributed by atoms with van der Waals surface area (Å²) in [6.07, 6.45) is 0.890. The van der Waals surface area contributed by atoms with Gasteiger partial charge in [-0.1, -0.05) is 23.7 Å². The van der Waals surface area contributed by atoms with Crippen molar-refractivity contribution in [3.63, 3.8) is 0 Å². The van der Waals surface area contributed by atoms with Crippen LogP contribution in [0.15, 0.2) is 30.5 Å². The molecule has 0 spiro atoms. The largest absolute Gasteiger partial charge is 0.462 e. The highest BCUT2D eigenvalue weighted by Crippen LogP contribution is 2.29. The van der Waals surface area contributed by atoms with E-state index in [9.17, 15) is 9.90 Å². The van der Waals surface area contributed by atoms with Crippen molar-refractivity contribution in [1.82, 2.24) is 4.57 Å². The molecule has 0 aliphatic rings. The van der Waals surface area contributed by atoms with Crippen molar-refractivity contribution < 1.29 is 14.6 Å². The van der Waals surface area contributed by atoms with Crippen LogP contribution in [0.3, 0.4) is 0 Å². The number of aromatic nitrogens is 1. The van der Waals surface area contributed by atoms with Gasteiger partial charge in [0.15, 0.2) is 0 Å². The summed E-state index contributed by atoms with van der Waals surface area (Å²) in [6, 6.07) is 6.90. The van der Waals surface area contributed by atoms with Crippen molar-refractivity contribution in [3.8, 4) is 0 Å². The Morgan fingerprint density at radius 3 is 2.57 bits per heavy atom. The Hall–Kier alpha value is -1.78. The Kier molecular flexibility index (Phi) is 4.70. The van der Waals surface area contributed by atoms with E-state index in [4.69, 9.17) is 16.3 Å². The van der Waals surface area contributed by atoms with Gasteiger partial charge in [0, 0.05) is 18.3 Å². The molecule has 1 atom stereocenters. The summed E-state index contributed by atoms with van der Waals surface area (Å²) >= 11 is 5.86. The lowest BCUT2D eigenvalue weighted by atomic mass is 10.0. The van der Waals surface area contributed by atoms with Crippen molar-refractivity contribution in [3.05, 3.63) is 57.9 Å². The topological polar surface area (TPSA) is 51.5 Å². The zero-order valence-corrected chi connectivity index (χ0v) is 13.0. The van der Waals surface area contributed by atoms with Gasteiger partial charge in [-0.05, 0) is 37.1 Å². The van der Waals surface area contributed by atoms with E-state index < -0.39 is 12.1 Å². The first kappa shape index (κ1) is 15.6. The van der Waals surface area contributed by atoms with Crippen LogP contribution in [0.1, 0.15) is 40.2 Å². The number of aliphatic hydroxyl groups excluding tert-OH is 1. The second-order valence-corrected chi connectivity index (χ2v) is 5.29. The van der Waals surface area contributed by atoms with Crippen LogP contribution in [0.5, 0.6) is 0 Å². The number of nitrogens with zero attached hydrogens (tertiary/aromatic N) is 1. The zero-order chi connectivity index (χ0) is 15.6. The minimum absolute atomic E-state index is 0.295. The lowest BCUT2D eigenvalue weighted by Crippen LogP contribution is -2.13. The summed E-state index contributed by atoms with van der Waals surface area (Å²) in [5.74, 6) is -0.418. The molecule has 1 aromatic carbocycles.